The zero-order valence-electron chi connectivity index (χ0n) is 14.9. The first kappa shape index (κ1) is 17.8. The number of hydrogen-bond donors (Lipinski definition) is 1. The summed E-state index contributed by atoms with van der Waals surface area (Å²) in [6.07, 6.45) is 6.71. The molecule has 0 bridgehead atoms. The van der Waals surface area contributed by atoms with Crippen LogP contribution in [0.25, 0.3) is 11.0 Å². The number of fused-ring (bicyclic) bond motifs is 1. The molecule has 2 fully saturated rings. The maximum absolute atomic E-state index is 9.00. The first-order chi connectivity index (χ1) is 12.6. The van der Waals surface area contributed by atoms with Crippen molar-refractivity contribution in [2.24, 2.45) is 0 Å². The van der Waals surface area contributed by atoms with Gasteiger partial charge in [0.15, 0.2) is 5.58 Å². The molecule has 1 aliphatic carbocycles. The van der Waals surface area contributed by atoms with Gasteiger partial charge < -0.3 is 14.5 Å². The predicted molar refractivity (Wildman–Crippen MR) is 103 cm³/mol. The molecule has 1 aliphatic heterocycles. The first-order valence-corrected chi connectivity index (χ1v) is 10.0. The van der Waals surface area contributed by atoms with E-state index in [0.717, 1.165) is 48.2 Å². The largest absolute Gasteiger partial charge is 0.444 e. The molecule has 1 atom stereocenters. The van der Waals surface area contributed by atoms with E-state index in [2.05, 4.69) is 38.1 Å². The van der Waals surface area contributed by atoms with Gasteiger partial charge in [0.1, 0.15) is 11.9 Å². The van der Waals surface area contributed by atoms with Gasteiger partial charge in [0, 0.05) is 36.6 Å². The van der Waals surface area contributed by atoms with E-state index in [1.54, 1.807) is 12.3 Å². The lowest BCUT2D eigenvalue weighted by atomic mass is 9.89. The number of nitriles is 1. The number of hydrogen-bond acceptors (Lipinski definition) is 6. The molecule has 7 heteroatoms. The van der Waals surface area contributed by atoms with E-state index in [1.807, 2.05) is 6.07 Å². The van der Waals surface area contributed by atoms with Crippen LogP contribution in [0.4, 0.5) is 5.82 Å². The summed E-state index contributed by atoms with van der Waals surface area (Å²) in [6.45, 7) is 5.12. The van der Waals surface area contributed by atoms with Crippen LogP contribution in [0.1, 0.15) is 38.4 Å². The smallest absolute Gasteiger partial charge is 0.204 e. The average molecular weight is 419 g/mol. The van der Waals surface area contributed by atoms with Gasteiger partial charge in [0.25, 0.3) is 0 Å². The van der Waals surface area contributed by atoms with Crippen LogP contribution in [-0.4, -0.2) is 47.8 Å². The fraction of sp³-hybridized carbons (Fsp3) is 0.579. The summed E-state index contributed by atoms with van der Waals surface area (Å²) in [4.78, 5) is 7.08. The molecule has 2 aliphatic rings. The Labute approximate surface area is 161 Å². The molecule has 0 spiro atoms. The third kappa shape index (κ3) is 3.59. The van der Waals surface area contributed by atoms with Gasteiger partial charge in [-0.25, -0.2) is 4.98 Å². The van der Waals surface area contributed by atoms with E-state index in [4.69, 9.17) is 14.4 Å². The lowest BCUT2D eigenvalue weighted by Gasteiger charge is -2.40. The molecule has 0 radical (unpaired) electrons. The average Bonchev–Trinajstić information content (AvgIpc) is 3.09. The molecule has 6 nitrogen and oxygen atoms in total. The van der Waals surface area contributed by atoms with Crippen LogP contribution < -0.4 is 5.32 Å². The van der Waals surface area contributed by atoms with Crippen LogP contribution in [0.15, 0.2) is 21.2 Å². The quantitative estimate of drug-likeness (QED) is 0.814. The zero-order chi connectivity index (χ0) is 18.1. The fourth-order valence-corrected chi connectivity index (χ4v) is 4.62. The second-order valence-corrected chi connectivity index (χ2v) is 8.04. The van der Waals surface area contributed by atoms with Gasteiger partial charge in [-0.2, -0.15) is 5.26 Å². The second kappa shape index (κ2) is 7.55. The minimum Gasteiger partial charge on any atom is -0.444 e. The molecule has 1 saturated heterocycles. The first-order valence-electron chi connectivity index (χ1n) is 9.24. The summed E-state index contributed by atoms with van der Waals surface area (Å²) in [5.74, 6) is 1.13. The van der Waals surface area contributed by atoms with Gasteiger partial charge in [-0.15, -0.1) is 0 Å². The number of morpholine rings is 1. The highest BCUT2D eigenvalue weighted by Gasteiger charge is 2.29. The second-order valence-electron chi connectivity index (χ2n) is 7.25. The lowest BCUT2D eigenvalue weighted by molar-refractivity contribution is -0.0396. The number of rotatable bonds is 3. The van der Waals surface area contributed by atoms with Gasteiger partial charge in [-0.3, -0.25) is 4.90 Å². The van der Waals surface area contributed by atoms with E-state index >= 15 is 0 Å². The molecular formula is C19H23BrN4O2. The lowest BCUT2D eigenvalue weighted by Crippen LogP contribution is -2.48. The number of pyridine rings is 1. The summed E-state index contributed by atoms with van der Waals surface area (Å²) in [7, 11) is 0. The van der Waals surface area contributed by atoms with Crippen LogP contribution >= 0.6 is 15.9 Å². The normalized spacial score (nSPS) is 27.3. The highest BCUT2D eigenvalue weighted by Crippen LogP contribution is 2.34. The topological polar surface area (TPSA) is 74.3 Å². The Morgan fingerprint density at radius 1 is 1.35 bits per heavy atom. The van der Waals surface area contributed by atoms with Crippen molar-refractivity contribution >= 4 is 32.7 Å². The monoisotopic (exact) mass is 418 g/mol. The summed E-state index contributed by atoms with van der Waals surface area (Å²) < 4.78 is 12.0. The van der Waals surface area contributed by atoms with Crippen LogP contribution in [0, 0.1) is 11.3 Å². The molecule has 1 N–H and O–H groups in total. The van der Waals surface area contributed by atoms with Gasteiger partial charge in [0.05, 0.1) is 23.4 Å². The third-order valence-corrected chi connectivity index (χ3v) is 6.26. The van der Waals surface area contributed by atoms with Gasteiger partial charge in [0.2, 0.25) is 5.76 Å². The van der Waals surface area contributed by atoms with Gasteiger partial charge in [-0.05, 0) is 48.5 Å². The van der Waals surface area contributed by atoms with E-state index < -0.39 is 0 Å². The molecule has 2 aromatic heterocycles. The van der Waals surface area contributed by atoms with E-state index in [1.165, 1.54) is 12.8 Å². The number of aromatic nitrogens is 1. The number of ether oxygens (including phenoxy) is 1. The van der Waals surface area contributed by atoms with Crippen LogP contribution in [-0.2, 0) is 4.74 Å². The molecule has 0 aromatic carbocycles. The molecule has 138 valence electrons. The van der Waals surface area contributed by atoms with Gasteiger partial charge in [-0.1, -0.05) is 0 Å². The summed E-state index contributed by atoms with van der Waals surface area (Å²) in [5.41, 5.74) is 0.629. The van der Waals surface area contributed by atoms with Crippen LogP contribution in [0.5, 0.6) is 0 Å². The molecule has 1 unspecified atom stereocenters. The SMILES string of the molecule is CC1CN(C2CCC(Nc3ncc4oc(C#N)cc4c3Br)CC2)CCO1. The summed E-state index contributed by atoms with van der Waals surface area (Å²) in [5, 5.41) is 13.5. The zero-order valence-corrected chi connectivity index (χ0v) is 16.5. The minimum atomic E-state index is 0.305. The Kier molecular flexibility index (Phi) is 5.16. The van der Waals surface area contributed by atoms with Crippen molar-refractivity contribution in [2.75, 3.05) is 25.0 Å². The number of halogens is 1. The number of furan rings is 1. The van der Waals surface area contributed by atoms with Gasteiger partial charge >= 0.3 is 0 Å². The van der Waals surface area contributed by atoms with Crippen molar-refractivity contribution < 1.29 is 9.15 Å². The Bertz CT molecular complexity index is 823. The third-order valence-electron chi connectivity index (χ3n) is 5.45. The van der Waals surface area contributed by atoms with Crippen LogP contribution in [0.2, 0.25) is 0 Å². The van der Waals surface area contributed by atoms with Crippen molar-refractivity contribution in [3.63, 3.8) is 0 Å². The van der Waals surface area contributed by atoms with E-state index in [0.29, 0.717) is 29.5 Å². The van der Waals surface area contributed by atoms with Crippen molar-refractivity contribution in [1.29, 1.82) is 5.26 Å². The minimum absolute atomic E-state index is 0.305. The van der Waals surface area contributed by atoms with E-state index in [-0.39, 0.29) is 0 Å². The number of nitrogens with one attached hydrogen (secondary N) is 1. The maximum Gasteiger partial charge on any atom is 0.204 e. The Morgan fingerprint density at radius 3 is 2.88 bits per heavy atom. The Balaban J connectivity index is 1.39. The molecule has 26 heavy (non-hydrogen) atoms. The Morgan fingerprint density at radius 2 is 2.15 bits per heavy atom. The molecular weight excluding hydrogens is 396 g/mol. The molecule has 0 amide bonds. The summed E-state index contributed by atoms with van der Waals surface area (Å²) in [6, 6.07) is 4.88. The fourth-order valence-electron chi connectivity index (χ4n) is 4.09. The highest BCUT2D eigenvalue weighted by molar-refractivity contribution is 9.10. The van der Waals surface area contributed by atoms with Crippen molar-refractivity contribution in [1.82, 2.24) is 9.88 Å². The van der Waals surface area contributed by atoms with Crippen molar-refractivity contribution in [3.8, 4) is 6.07 Å². The predicted octanol–water partition coefficient (Wildman–Crippen LogP) is 3.91. The Hall–Kier alpha value is -1.62. The standard InChI is InChI=1S/C19H23BrN4O2/c1-12-11-24(6-7-25-12)14-4-2-13(3-5-14)23-19-18(20)16-8-15(9-21)26-17(16)10-22-19/h8,10,12-14H,2-7,11H2,1H3,(H,22,23). The molecule has 2 aromatic rings. The molecule has 1 saturated carbocycles. The van der Waals surface area contributed by atoms with E-state index in [9.17, 15) is 0 Å². The molecule has 4 rings (SSSR count). The number of anilines is 1. The maximum atomic E-state index is 9.00. The highest BCUT2D eigenvalue weighted by atomic mass is 79.9. The van der Waals surface area contributed by atoms with Crippen LogP contribution in [0.3, 0.4) is 0 Å². The van der Waals surface area contributed by atoms with Crippen molar-refractivity contribution in [3.05, 3.63) is 22.5 Å². The summed E-state index contributed by atoms with van der Waals surface area (Å²) >= 11 is 3.62. The number of nitrogens with zero attached hydrogens (tertiary/aromatic N) is 3. The van der Waals surface area contributed by atoms with Crippen molar-refractivity contribution in [2.45, 2.75) is 50.8 Å². The molecule has 3 heterocycles.